The van der Waals surface area contributed by atoms with Crippen LogP contribution in [-0.2, 0) is 0 Å². The fourth-order valence-corrected chi connectivity index (χ4v) is 1.67. The zero-order chi connectivity index (χ0) is 9.14. The minimum absolute atomic E-state index is 0.0706. The smallest absolute Gasteiger partial charge is 0.128 e. The van der Waals surface area contributed by atoms with Crippen molar-refractivity contribution in [1.82, 2.24) is 10.2 Å². The summed E-state index contributed by atoms with van der Waals surface area (Å²) in [5.41, 5.74) is 0. The Labute approximate surface area is 74.1 Å². The van der Waals surface area contributed by atoms with Crippen molar-refractivity contribution >= 4 is 0 Å². The molecule has 0 unspecified atom stereocenters. The molecule has 12 heavy (non-hydrogen) atoms. The van der Waals surface area contributed by atoms with Crippen molar-refractivity contribution in [3.63, 3.8) is 0 Å². The number of rotatable bonds is 2. The van der Waals surface area contributed by atoms with Gasteiger partial charge in [-0.2, -0.15) is 0 Å². The summed E-state index contributed by atoms with van der Waals surface area (Å²) in [7, 11) is 1.97. The van der Waals surface area contributed by atoms with Crippen LogP contribution in [0.5, 0.6) is 0 Å². The zero-order valence-electron chi connectivity index (χ0n) is 8.18. The SMILES string of the molecule is CC(C)N[C@H]1CCN(C)C[C@H]1F. The minimum atomic E-state index is -0.703. The van der Waals surface area contributed by atoms with Crippen LogP contribution in [0.4, 0.5) is 4.39 Å². The highest BCUT2D eigenvalue weighted by molar-refractivity contribution is 4.84. The van der Waals surface area contributed by atoms with Gasteiger partial charge >= 0.3 is 0 Å². The molecule has 2 atom stereocenters. The maximum atomic E-state index is 13.4. The van der Waals surface area contributed by atoms with E-state index in [4.69, 9.17) is 0 Å². The molecule has 1 aliphatic rings. The molecule has 1 fully saturated rings. The molecule has 0 aromatic heterocycles. The quantitative estimate of drug-likeness (QED) is 0.672. The molecule has 0 bridgehead atoms. The first-order valence-corrected chi connectivity index (χ1v) is 4.68. The molecule has 2 nitrogen and oxygen atoms in total. The van der Waals surface area contributed by atoms with E-state index in [0.717, 1.165) is 13.0 Å². The Morgan fingerprint density at radius 3 is 2.67 bits per heavy atom. The lowest BCUT2D eigenvalue weighted by Gasteiger charge is -2.33. The minimum Gasteiger partial charge on any atom is -0.309 e. The summed E-state index contributed by atoms with van der Waals surface area (Å²) >= 11 is 0. The van der Waals surface area contributed by atoms with Gasteiger partial charge in [-0.15, -0.1) is 0 Å². The molecule has 72 valence electrons. The van der Waals surface area contributed by atoms with Gasteiger partial charge in [0.25, 0.3) is 0 Å². The summed E-state index contributed by atoms with van der Waals surface area (Å²) < 4.78 is 13.4. The van der Waals surface area contributed by atoms with Gasteiger partial charge in [0.15, 0.2) is 0 Å². The van der Waals surface area contributed by atoms with Gasteiger partial charge in [-0.3, -0.25) is 0 Å². The molecule has 0 aliphatic carbocycles. The van der Waals surface area contributed by atoms with Gasteiger partial charge in [0.1, 0.15) is 6.17 Å². The lowest BCUT2D eigenvalue weighted by molar-refractivity contribution is 0.118. The Kier molecular flexibility index (Phi) is 3.47. The highest BCUT2D eigenvalue weighted by Gasteiger charge is 2.27. The molecule has 0 aromatic rings. The topological polar surface area (TPSA) is 15.3 Å². The van der Waals surface area contributed by atoms with Crippen molar-refractivity contribution < 1.29 is 4.39 Å². The van der Waals surface area contributed by atoms with Gasteiger partial charge in [0.2, 0.25) is 0 Å². The monoisotopic (exact) mass is 174 g/mol. The molecule has 0 saturated carbocycles. The molecule has 3 heteroatoms. The molecule has 1 aliphatic heterocycles. The Morgan fingerprint density at radius 2 is 2.17 bits per heavy atom. The molecular weight excluding hydrogens is 155 g/mol. The third kappa shape index (κ3) is 2.72. The molecular formula is C9H19FN2. The number of piperidine rings is 1. The summed E-state index contributed by atoms with van der Waals surface area (Å²) in [6.07, 6.45) is 0.224. The summed E-state index contributed by atoms with van der Waals surface area (Å²) in [6.45, 7) is 5.70. The Morgan fingerprint density at radius 1 is 1.50 bits per heavy atom. The van der Waals surface area contributed by atoms with E-state index in [0.29, 0.717) is 12.6 Å². The van der Waals surface area contributed by atoms with Gasteiger partial charge in [-0.25, -0.2) is 4.39 Å². The van der Waals surface area contributed by atoms with Crippen molar-refractivity contribution in [3.05, 3.63) is 0 Å². The highest BCUT2D eigenvalue weighted by Crippen LogP contribution is 2.12. The molecule has 1 rings (SSSR count). The van der Waals surface area contributed by atoms with Crippen LogP contribution in [0.1, 0.15) is 20.3 Å². The number of nitrogens with one attached hydrogen (secondary N) is 1. The van der Waals surface area contributed by atoms with E-state index in [-0.39, 0.29) is 6.04 Å². The maximum Gasteiger partial charge on any atom is 0.128 e. The Bertz CT molecular complexity index is 138. The van der Waals surface area contributed by atoms with Crippen molar-refractivity contribution in [1.29, 1.82) is 0 Å². The largest absolute Gasteiger partial charge is 0.309 e. The fourth-order valence-electron chi connectivity index (χ4n) is 1.67. The van der Waals surface area contributed by atoms with Crippen LogP contribution in [0.25, 0.3) is 0 Å². The number of hydrogen-bond acceptors (Lipinski definition) is 2. The third-order valence-electron chi connectivity index (χ3n) is 2.29. The van der Waals surface area contributed by atoms with E-state index in [1.807, 2.05) is 11.9 Å². The second-order valence-electron chi connectivity index (χ2n) is 3.99. The van der Waals surface area contributed by atoms with Crippen LogP contribution in [-0.4, -0.2) is 43.3 Å². The number of halogens is 1. The van der Waals surface area contributed by atoms with Crippen LogP contribution < -0.4 is 5.32 Å². The van der Waals surface area contributed by atoms with Gasteiger partial charge in [0.05, 0.1) is 0 Å². The zero-order valence-corrected chi connectivity index (χ0v) is 8.18. The van der Waals surface area contributed by atoms with E-state index >= 15 is 0 Å². The standard InChI is InChI=1S/C9H19FN2/c1-7(2)11-9-4-5-12(3)6-8(9)10/h7-9,11H,4-6H2,1-3H3/t8-,9+/m1/s1. The number of alkyl halides is 1. The van der Waals surface area contributed by atoms with Crippen molar-refractivity contribution in [2.24, 2.45) is 0 Å². The summed E-state index contributed by atoms with van der Waals surface area (Å²) in [5, 5.41) is 3.25. The summed E-state index contributed by atoms with van der Waals surface area (Å²) in [6, 6.07) is 0.456. The maximum absolute atomic E-state index is 13.4. The van der Waals surface area contributed by atoms with Gasteiger partial charge in [0, 0.05) is 18.6 Å². The second-order valence-corrected chi connectivity index (χ2v) is 3.99. The average Bonchev–Trinajstić information content (AvgIpc) is 1.94. The normalized spacial score (nSPS) is 32.8. The van der Waals surface area contributed by atoms with Crippen molar-refractivity contribution in [2.75, 3.05) is 20.1 Å². The number of likely N-dealkylation sites (tertiary alicyclic amines) is 1. The molecule has 1 heterocycles. The third-order valence-corrected chi connectivity index (χ3v) is 2.29. The van der Waals surface area contributed by atoms with Crippen LogP contribution >= 0.6 is 0 Å². The van der Waals surface area contributed by atoms with Gasteiger partial charge in [-0.05, 0) is 20.0 Å². The summed E-state index contributed by atoms with van der Waals surface area (Å²) in [5.74, 6) is 0. The fraction of sp³-hybridized carbons (Fsp3) is 1.00. The molecule has 1 saturated heterocycles. The van der Waals surface area contributed by atoms with Crippen LogP contribution in [0, 0.1) is 0 Å². The molecule has 0 spiro atoms. The van der Waals surface area contributed by atoms with Crippen LogP contribution in [0.2, 0.25) is 0 Å². The van der Waals surface area contributed by atoms with Crippen LogP contribution in [0.15, 0.2) is 0 Å². The predicted molar refractivity (Wildman–Crippen MR) is 49.1 cm³/mol. The van der Waals surface area contributed by atoms with Crippen molar-refractivity contribution in [2.45, 2.75) is 38.5 Å². The summed E-state index contributed by atoms with van der Waals surface area (Å²) in [4.78, 5) is 2.04. The Balaban J connectivity index is 2.34. The molecule has 0 amide bonds. The molecule has 0 radical (unpaired) electrons. The van der Waals surface area contributed by atoms with Gasteiger partial charge < -0.3 is 10.2 Å². The lowest BCUT2D eigenvalue weighted by atomic mass is 10.0. The number of nitrogens with zero attached hydrogens (tertiary/aromatic N) is 1. The van der Waals surface area contributed by atoms with E-state index in [1.165, 1.54) is 0 Å². The predicted octanol–water partition coefficient (Wildman–Crippen LogP) is 1.03. The lowest BCUT2D eigenvalue weighted by Crippen LogP contribution is -2.51. The second kappa shape index (κ2) is 4.19. The average molecular weight is 174 g/mol. The highest BCUT2D eigenvalue weighted by atomic mass is 19.1. The molecule has 1 N–H and O–H groups in total. The molecule has 0 aromatic carbocycles. The van der Waals surface area contributed by atoms with E-state index in [2.05, 4.69) is 19.2 Å². The van der Waals surface area contributed by atoms with E-state index in [1.54, 1.807) is 0 Å². The van der Waals surface area contributed by atoms with Gasteiger partial charge in [-0.1, -0.05) is 13.8 Å². The first-order chi connectivity index (χ1) is 5.59. The van der Waals surface area contributed by atoms with E-state index in [9.17, 15) is 4.39 Å². The van der Waals surface area contributed by atoms with Crippen molar-refractivity contribution in [3.8, 4) is 0 Å². The first kappa shape index (κ1) is 9.93. The Hall–Kier alpha value is -0.150. The van der Waals surface area contributed by atoms with E-state index < -0.39 is 6.17 Å². The number of hydrogen-bond donors (Lipinski definition) is 1. The first-order valence-electron chi connectivity index (χ1n) is 4.68. The van der Waals surface area contributed by atoms with Crippen LogP contribution in [0.3, 0.4) is 0 Å².